The smallest absolute Gasteiger partial charge is 0.109 e. The van der Waals surface area contributed by atoms with Crippen LogP contribution in [-0.2, 0) is 0 Å². The fraction of sp³-hybridized carbons (Fsp3) is 0.182. The third-order valence-electron chi connectivity index (χ3n) is 2.33. The molecule has 0 aliphatic carbocycles. The van der Waals surface area contributed by atoms with Crippen molar-refractivity contribution < 1.29 is 0 Å². The molecule has 2 rings (SSSR count). The number of hydrogen-bond acceptors (Lipinski definition) is 1. The molecule has 0 fully saturated rings. The van der Waals surface area contributed by atoms with Gasteiger partial charge in [0, 0.05) is 0 Å². The van der Waals surface area contributed by atoms with Gasteiger partial charge in [0.2, 0.25) is 0 Å². The molecule has 0 bridgehead atoms. The predicted molar refractivity (Wildman–Crippen MR) is 60.7 cm³/mol. The second-order valence-corrected chi connectivity index (χ2v) is 4.15. The zero-order valence-electron chi connectivity index (χ0n) is 8.16. The summed E-state index contributed by atoms with van der Waals surface area (Å²) in [6, 6.07) is 8.24. The predicted octanol–water partition coefficient (Wildman–Crippen LogP) is 3.25. The number of halogens is 1. The lowest BCUT2D eigenvalue weighted by molar-refractivity contribution is 0.859. The largest absolute Gasteiger partial charge is 0.227 e. The molecule has 0 aliphatic rings. The molecule has 0 saturated heterocycles. The number of hydrogen-bond donors (Lipinski definition) is 0. The van der Waals surface area contributed by atoms with E-state index in [-0.39, 0.29) is 0 Å². The molecule has 0 aliphatic heterocycles. The van der Waals surface area contributed by atoms with Crippen LogP contribution in [0.25, 0.3) is 5.69 Å². The molecular formula is C11H11BrN2. The summed E-state index contributed by atoms with van der Waals surface area (Å²) in [5, 5.41) is 4.23. The molecule has 0 atom stereocenters. The summed E-state index contributed by atoms with van der Waals surface area (Å²) in [4.78, 5) is 0. The summed E-state index contributed by atoms with van der Waals surface area (Å²) >= 11 is 3.45. The first-order valence-corrected chi connectivity index (χ1v) is 5.25. The van der Waals surface area contributed by atoms with E-state index in [1.807, 2.05) is 10.7 Å². The standard InChI is InChI=1S/C11H11BrN2/c1-8-3-4-10(7-9(8)2)14-11(12)5-6-13-14/h3-7H,1-2H3. The van der Waals surface area contributed by atoms with Crippen molar-refractivity contribution in [1.82, 2.24) is 9.78 Å². The van der Waals surface area contributed by atoms with Crippen LogP contribution in [0.3, 0.4) is 0 Å². The number of rotatable bonds is 1. The molecular weight excluding hydrogens is 240 g/mol. The van der Waals surface area contributed by atoms with Crippen LogP contribution in [-0.4, -0.2) is 9.78 Å². The maximum atomic E-state index is 4.23. The topological polar surface area (TPSA) is 17.8 Å². The van der Waals surface area contributed by atoms with Gasteiger partial charge in [-0.1, -0.05) is 6.07 Å². The third kappa shape index (κ3) is 1.60. The fourth-order valence-corrected chi connectivity index (χ4v) is 1.75. The van der Waals surface area contributed by atoms with Crippen molar-refractivity contribution in [2.45, 2.75) is 13.8 Å². The molecule has 2 nitrogen and oxygen atoms in total. The average Bonchev–Trinajstić information content (AvgIpc) is 2.57. The van der Waals surface area contributed by atoms with E-state index in [1.54, 1.807) is 6.20 Å². The van der Waals surface area contributed by atoms with Crippen LogP contribution in [0.1, 0.15) is 11.1 Å². The lowest BCUT2D eigenvalue weighted by atomic mass is 10.1. The van der Waals surface area contributed by atoms with E-state index in [2.05, 4.69) is 53.1 Å². The summed E-state index contributed by atoms with van der Waals surface area (Å²) in [5.41, 5.74) is 3.67. The van der Waals surface area contributed by atoms with Crippen LogP contribution in [0.15, 0.2) is 35.1 Å². The van der Waals surface area contributed by atoms with Gasteiger partial charge in [-0.2, -0.15) is 5.10 Å². The Hall–Kier alpha value is -1.09. The molecule has 0 radical (unpaired) electrons. The van der Waals surface area contributed by atoms with Gasteiger partial charge in [0.05, 0.1) is 11.9 Å². The Morgan fingerprint density at radius 2 is 1.93 bits per heavy atom. The highest BCUT2D eigenvalue weighted by molar-refractivity contribution is 9.10. The van der Waals surface area contributed by atoms with Crippen LogP contribution >= 0.6 is 15.9 Å². The van der Waals surface area contributed by atoms with Gasteiger partial charge in [0.1, 0.15) is 4.60 Å². The minimum Gasteiger partial charge on any atom is -0.227 e. The fourth-order valence-electron chi connectivity index (χ4n) is 1.33. The average molecular weight is 251 g/mol. The molecule has 2 aromatic rings. The molecule has 1 aromatic heterocycles. The summed E-state index contributed by atoms with van der Waals surface area (Å²) in [6.45, 7) is 4.22. The molecule has 0 spiro atoms. The van der Waals surface area contributed by atoms with E-state index in [1.165, 1.54) is 11.1 Å². The Kier molecular flexibility index (Phi) is 2.42. The Bertz CT molecular complexity index is 460. The van der Waals surface area contributed by atoms with Crippen molar-refractivity contribution in [1.29, 1.82) is 0 Å². The zero-order chi connectivity index (χ0) is 10.1. The SMILES string of the molecule is Cc1ccc(-n2nccc2Br)cc1C. The minimum absolute atomic E-state index is 0.973. The maximum absolute atomic E-state index is 4.23. The van der Waals surface area contributed by atoms with Gasteiger partial charge < -0.3 is 0 Å². The molecule has 0 saturated carbocycles. The highest BCUT2D eigenvalue weighted by Gasteiger charge is 2.02. The molecule has 0 unspecified atom stereocenters. The summed E-state index contributed by atoms with van der Waals surface area (Å²) < 4.78 is 2.84. The summed E-state index contributed by atoms with van der Waals surface area (Å²) in [7, 11) is 0. The Balaban J connectivity index is 2.53. The molecule has 0 N–H and O–H groups in total. The Labute approximate surface area is 91.7 Å². The van der Waals surface area contributed by atoms with Gasteiger partial charge in [-0.3, -0.25) is 0 Å². The molecule has 72 valence electrons. The monoisotopic (exact) mass is 250 g/mol. The van der Waals surface area contributed by atoms with Crippen molar-refractivity contribution in [3.8, 4) is 5.69 Å². The van der Waals surface area contributed by atoms with Gasteiger partial charge in [0.25, 0.3) is 0 Å². The second-order valence-electron chi connectivity index (χ2n) is 3.33. The minimum atomic E-state index is 0.973. The highest BCUT2D eigenvalue weighted by Crippen LogP contribution is 2.18. The third-order valence-corrected chi connectivity index (χ3v) is 2.93. The number of aromatic nitrogens is 2. The van der Waals surface area contributed by atoms with Gasteiger partial charge in [-0.25, -0.2) is 4.68 Å². The van der Waals surface area contributed by atoms with Gasteiger partial charge in [-0.15, -0.1) is 0 Å². The van der Waals surface area contributed by atoms with E-state index >= 15 is 0 Å². The normalized spacial score (nSPS) is 10.5. The quantitative estimate of drug-likeness (QED) is 0.760. The van der Waals surface area contributed by atoms with E-state index in [9.17, 15) is 0 Å². The van der Waals surface area contributed by atoms with Crippen molar-refractivity contribution in [3.63, 3.8) is 0 Å². The van der Waals surface area contributed by atoms with Crippen LogP contribution in [0.5, 0.6) is 0 Å². The van der Waals surface area contributed by atoms with E-state index in [0.717, 1.165) is 10.3 Å². The van der Waals surface area contributed by atoms with Gasteiger partial charge in [0.15, 0.2) is 0 Å². The van der Waals surface area contributed by atoms with E-state index in [4.69, 9.17) is 0 Å². The van der Waals surface area contributed by atoms with Crippen molar-refractivity contribution in [2.24, 2.45) is 0 Å². The number of nitrogens with zero attached hydrogens (tertiary/aromatic N) is 2. The first-order valence-electron chi connectivity index (χ1n) is 4.45. The van der Waals surface area contributed by atoms with E-state index in [0.29, 0.717) is 0 Å². The van der Waals surface area contributed by atoms with Gasteiger partial charge in [-0.05, 0) is 59.1 Å². The molecule has 1 heterocycles. The van der Waals surface area contributed by atoms with Crippen molar-refractivity contribution >= 4 is 15.9 Å². The Morgan fingerprint density at radius 1 is 1.14 bits per heavy atom. The second kappa shape index (κ2) is 3.58. The first-order chi connectivity index (χ1) is 6.68. The first kappa shape index (κ1) is 9.46. The van der Waals surface area contributed by atoms with Crippen LogP contribution in [0.2, 0.25) is 0 Å². The lowest BCUT2D eigenvalue weighted by Crippen LogP contribution is -1.97. The molecule has 0 amide bonds. The lowest BCUT2D eigenvalue weighted by Gasteiger charge is -2.06. The van der Waals surface area contributed by atoms with Crippen molar-refractivity contribution in [3.05, 3.63) is 46.2 Å². The van der Waals surface area contributed by atoms with Crippen molar-refractivity contribution in [2.75, 3.05) is 0 Å². The number of benzene rings is 1. The maximum Gasteiger partial charge on any atom is 0.109 e. The van der Waals surface area contributed by atoms with Crippen LogP contribution in [0.4, 0.5) is 0 Å². The molecule has 1 aromatic carbocycles. The highest BCUT2D eigenvalue weighted by atomic mass is 79.9. The summed E-state index contributed by atoms with van der Waals surface area (Å²) in [6.07, 6.45) is 1.78. The molecule has 3 heteroatoms. The Morgan fingerprint density at radius 3 is 2.50 bits per heavy atom. The van der Waals surface area contributed by atoms with E-state index < -0.39 is 0 Å². The molecule has 14 heavy (non-hydrogen) atoms. The zero-order valence-corrected chi connectivity index (χ0v) is 9.75. The van der Waals surface area contributed by atoms with Crippen LogP contribution in [0, 0.1) is 13.8 Å². The summed E-state index contributed by atoms with van der Waals surface area (Å²) in [5.74, 6) is 0. The van der Waals surface area contributed by atoms with Crippen LogP contribution < -0.4 is 0 Å². The number of aryl methyl sites for hydroxylation is 2. The van der Waals surface area contributed by atoms with Gasteiger partial charge >= 0.3 is 0 Å².